The van der Waals surface area contributed by atoms with Gasteiger partial charge in [0.05, 0.1) is 0 Å². The van der Waals surface area contributed by atoms with E-state index in [1.807, 2.05) is 0 Å². The summed E-state index contributed by atoms with van der Waals surface area (Å²) in [6.45, 7) is 10.0. The van der Waals surface area contributed by atoms with E-state index < -0.39 is 6.43 Å². The molecule has 0 bridgehead atoms. The van der Waals surface area contributed by atoms with E-state index in [1.54, 1.807) is 12.3 Å². The summed E-state index contributed by atoms with van der Waals surface area (Å²) in [5.41, 5.74) is 2.87. The molecule has 3 saturated carbocycles. The van der Waals surface area contributed by atoms with Gasteiger partial charge >= 0.3 is 0 Å². The number of fused-ring (bicyclic) bond motifs is 5. The lowest BCUT2D eigenvalue weighted by Crippen LogP contribution is -2.54. The summed E-state index contributed by atoms with van der Waals surface area (Å²) in [7, 11) is 0. The molecule has 8 atom stereocenters. The van der Waals surface area contributed by atoms with Crippen molar-refractivity contribution in [3.05, 3.63) is 35.7 Å². The molecule has 164 valence electrons. The highest BCUT2D eigenvalue weighted by molar-refractivity contribution is 5.72. The molecule has 3 fully saturated rings. The maximum absolute atomic E-state index is 13.3. The summed E-state index contributed by atoms with van der Waals surface area (Å²) in [5.74, 6) is 4.87. The van der Waals surface area contributed by atoms with Crippen LogP contribution in [0.25, 0.3) is 5.57 Å². The number of pyridine rings is 1. The third kappa shape index (κ3) is 2.86. The van der Waals surface area contributed by atoms with E-state index in [4.69, 9.17) is 0 Å². The lowest BCUT2D eigenvalue weighted by atomic mass is 9.42. The SMILES string of the molecule is CC1CCC2(C)C(CCC3C4CC=C(c5cncc(C(F)F)c5)C4(C)CCC32)C1C. The van der Waals surface area contributed by atoms with Crippen molar-refractivity contribution in [2.45, 2.75) is 79.1 Å². The molecule has 1 aromatic rings. The number of aromatic nitrogens is 1. The topological polar surface area (TPSA) is 12.9 Å². The minimum Gasteiger partial charge on any atom is -0.264 e. The Balaban J connectivity index is 1.43. The molecule has 1 nitrogen and oxygen atoms in total. The van der Waals surface area contributed by atoms with Crippen LogP contribution in [0.3, 0.4) is 0 Å². The van der Waals surface area contributed by atoms with Crippen LogP contribution in [-0.4, -0.2) is 4.98 Å². The van der Waals surface area contributed by atoms with Crippen LogP contribution in [0.4, 0.5) is 8.78 Å². The highest BCUT2D eigenvalue weighted by atomic mass is 19.3. The fourth-order valence-corrected chi connectivity index (χ4v) is 8.66. The van der Waals surface area contributed by atoms with Crippen molar-refractivity contribution in [2.24, 2.45) is 46.3 Å². The molecule has 3 heteroatoms. The number of allylic oxidation sites excluding steroid dienone is 2. The maximum atomic E-state index is 13.3. The van der Waals surface area contributed by atoms with Crippen molar-refractivity contribution in [1.82, 2.24) is 4.98 Å². The van der Waals surface area contributed by atoms with Gasteiger partial charge in [0.15, 0.2) is 0 Å². The number of hydrogen-bond donors (Lipinski definition) is 0. The Morgan fingerprint density at radius 1 is 0.967 bits per heavy atom. The smallest absolute Gasteiger partial charge is 0.264 e. The first kappa shape index (κ1) is 20.6. The molecule has 8 unspecified atom stereocenters. The monoisotopic (exact) mass is 413 g/mol. The molecule has 1 aromatic heterocycles. The van der Waals surface area contributed by atoms with Gasteiger partial charge in [-0.3, -0.25) is 4.98 Å². The molecular formula is C27H37F2N. The molecule has 0 saturated heterocycles. The van der Waals surface area contributed by atoms with E-state index in [1.165, 1.54) is 50.3 Å². The average Bonchev–Trinajstić information content (AvgIpc) is 3.08. The summed E-state index contributed by atoms with van der Waals surface area (Å²) in [5, 5.41) is 0. The van der Waals surface area contributed by atoms with Crippen LogP contribution in [0.2, 0.25) is 0 Å². The molecule has 30 heavy (non-hydrogen) atoms. The standard InChI is InChI=1S/C27H37F2N/c1-16-9-11-26(3)21(17(16)2)6-5-20-23-8-7-22(27(23,4)12-10-24(20)26)18-13-19(25(28)29)15-30-14-18/h7,13-17,20-21,23-25H,5-6,8-12H2,1-4H3. The molecule has 4 aliphatic carbocycles. The van der Waals surface area contributed by atoms with E-state index in [-0.39, 0.29) is 11.0 Å². The normalized spacial score (nSPS) is 45.5. The number of halogens is 2. The Bertz CT molecular complexity index is 847. The molecule has 0 spiro atoms. The summed E-state index contributed by atoms with van der Waals surface area (Å²) in [6.07, 6.45) is 12.2. The van der Waals surface area contributed by atoms with Gasteiger partial charge in [-0.05, 0) is 108 Å². The minimum atomic E-state index is -2.45. The number of hydrogen-bond acceptors (Lipinski definition) is 1. The third-order valence-corrected chi connectivity index (χ3v) is 10.5. The van der Waals surface area contributed by atoms with Gasteiger partial charge < -0.3 is 0 Å². The molecule has 4 aliphatic rings. The summed E-state index contributed by atoms with van der Waals surface area (Å²) < 4.78 is 26.6. The van der Waals surface area contributed by atoms with Gasteiger partial charge in [-0.15, -0.1) is 0 Å². The third-order valence-electron chi connectivity index (χ3n) is 10.5. The van der Waals surface area contributed by atoms with Gasteiger partial charge in [0.2, 0.25) is 0 Å². The van der Waals surface area contributed by atoms with E-state index in [2.05, 4.69) is 38.8 Å². The Morgan fingerprint density at radius 2 is 1.77 bits per heavy atom. The molecule has 0 radical (unpaired) electrons. The first-order valence-electron chi connectivity index (χ1n) is 12.2. The van der Waals surface area contributed by atoms with Crippen LogP contribution in [-0.2, 0) is 0 Å². The van der Waals surface area contributed by atoms with E-state index in [0.717, 1.165) is 41.6 Å². The van der Waals surface area contributed by atoms with Gasteiger partial charge in [-0.1, -0.05) is 33.8 Å². The van der Waals surface area contributed by atoms with E-state index in [0.29, 0.717) is 11.3 Å². The summed E-state index contributed by atoms with van der Waals surface area (Å²) in [4.78, 5) is 4.16. The number of nitrogens with zero attached hydrogens (tertiary/aromatic N) is 1. The van der Waals surface area contributed by atoms with Crippen LogP contribution < -0.4 is 0 Å². The second-order valence-electron chi connectivity index (χ2n) is 11.6. The minimum absolute atomic E-state index is 0.0486. The first-order valence-corrected chi connectivity index (χ1v) is 12.2. The molecule has 0 N–H and O–H groups in total. The quantitative estimate of drug-likeness (QED) is 0.479. The average molecular weight is 414 g/mol. The summed E-state index contributed by atoms with van der Waals surface area (Å²) >= 11 is 0. The second kappa shape index (κ2) is 7.14. The number of rotatable bonds is 2. The zero-order valence-electron chi connectivity index (χ0n) is 19.0. The van der Waals surface area contributed by atoms with Gasteiger partial charge in [0.1, 0.15) is 0 Å². The van der Waals surface area contributed by atoms with E-state index in [9.17, 15) is 8.78 Å². The predicted molar refractivity (Wildman–Crippen MR) is 118 cm³/mol. The van der Waals surface area contributed by atoms with Crippen molar-refractivity contribution in [1.29, 1.82) is 0 Å². The molecule has 1 heterocycles. The lowest BCUT2D eigenvalue weighted by molar-refractivity contribution is -0.122. The molecular weight excluding hydrogens is 376 g/mol. The lowest BCUT2D eigenvalue weighted by Gasteiger charge is -2.62. The zero-order valence-corrected chi connectivity index (χ0v) is 19.0. The van der Waals surface area contributed by atoms with E-state index >= 15 is 0 Å². The molecule has 0 aliphatic heterocycles. The Hall–Kier alpha value is -1.25. The highest BCUT2D eigenvalue weighted by Gasteiger charge is 2.59. The second-order valence-corrected chi connectivity index (χ2v) is 11.6. The van der Waals surface area contributed by atoms with Crippen molar-refractivity contribution in [2.75, 3.05) is 0 Å². The fourth-order valence-electron chi connectivity index (χ4n) is 8.66. The Kier molecular flexibility index (Phi) is 4.91. The maximum Gasteiger partial charge on any atom is 0.265 e. The van der Waals surface area contributed by atoms with Gasteiger partial charge in [0.25, 0.3) is 6.43 Å². The molecule has 0 amide bonds. The zero-order chi connectivity index (χ0) is 21.3. The van der Waals surface area contributed by atoms with Crippen molar-refractivity contribution >= 4 is 5.57 Å². The van der Waals surface area contributed by atoms with Crippen molar-refractivity contribution < 1.29 is 8.78 Å². The van der Waals surface area contributed by atoms with Crippen LogP contribution in [0.5, 0.6) is 0 Å². The van der Waals surface area contributed by atoms with Gasteiger partial charge in [0, 0.05) is 18.0 Å². The Morgan fingerprint density at radius 3 is 2.53 bits per heavy atom. The number of alkyl halides is 2. The van der Waals surface area contributed by atoms with Gasteiger partial charge in [-0.25, -0.2) is 8.78 Å². The van der Waals surface area contributed by atoms with Crippen LogP contribution in [0, 0.1) is 46.3 Å². The van der Waals surface area contributed by atoms with Crippen molar-refractivity contribution in [3.63, 3.8) is 0 Å². The summed E-state index contributed by atoms with van der Waals surface area (Å²) in [6, 6.07) is 1.69. The molecule has 5 rings (SSSR count). The van der Waals surface area contributed by atoms with Gasteiger partial charge in [-0.2, -0.15) is 0 Å². The highest BCUT2D eigenvalue weighted by Crippen LogP contribution is 2.68. The van der Waals surface area contributed by atoms with Crippen LogP contribution >= 0.6 is 0 Å². The van der Waals surface area contributed by atoms with Crippen LogP contribution in [0.1, 0.15) is 90.2 Å². The largest absolute Gasteiger partial charge is 0.265 e. The Labute approximate surface area is 180 Å². The fraction of sp³-hybridized carbons (Fsp3) is 0.741. The predicted octanol–water partition coefficient (Wildman–Crippen LogP) is 7.94. The van der Waals surface area contributed by atoms with Crippen molar-refractivity contribution in [3.8, 4) is 0 Å². The molecule has 0 aromatic carbocycles. The first-order chi connectivity index (χ1) is 14.3. The van der Waals surface area contributed by atoms with Crippen LogP contribution in [0.15, 0.2) is 24.5 Å².